The highest BCUT2D eigenvalue weighted by molar-refractivity contribution is 5.39. The van der Waals surface area contributed by atoms with E-state index in [-0.39, 0.29) is 5.56 Å². The number of aromatic nitrogens is 3. The van der Waals surface area contributed by atoms with Gasteiger partial charge in [0.15, 0.2) is 5.65 Å². The van der Waals surface area contributed by atoms with Crippen molar-refractivity contribution in [1.29, 1.82) is 0 Å². The monoisotopic (exact) mass is 233 g/mol. The van der Waals surface area contributed by atoms with Crippen LogP contribution in [-0.2, 0) is 12.8 Å². The summed E-state index contributed by atoms with van der Waals surface area (Å²) >= 11 is 0. The normalized spacial score (nSPS) is 11.5. The third kappa shape index (κ3) is 2.57. The second kappa shape index (κ2) is 4.73. The highest BCUT2D eigenvalue weighted by Gasteiger charge is 2.07. The van der Waals surface area contributed by atoms with E-state index in [2.05, 4.69) is 30.9 Å². The van der Waals surface area contributed by atoms with Crippen molar-refractivity contribution >= 4 is 5.65 Å². The summed E-state index contributed by atoms with van der Waals surface area (Å²) in [6.07, 6.45) is 2.85. The summed E-state index contributed by atoms with van der Waals surface area (Å²) in [7, 11) is 0. The van der Waals surface area contributed by atoms with E-state index in [0.29, 0.717) is 5.92 Å². The zero-order valence-electron chi connectivity index (χ0n) is 10.7. The number of H-pyrrole nitrogens is 1. The van der Waals surface area contributed by atoms with Crippen molar-refractivity contribution in [1.82, 2.24) is 14.6 Å². The molecule has 17 heavy (non-hydrogen) atoms. The summed E-state index contributed by atoms with van der Waals surface area (Å²) in [6, 6.07) is 3.59. The van der Waals surface area contributed by atoms with Gasteiger partial charge in [-0.15, -0.1) is 0 Å². The van der Waals surface area contributed by atoms with Crippen LogP contribution in [0.4, 0.5) is 0 Å². The molecule has 0 atom stereocenters. The molecule has 2 rings (SSSR count). The molecular formula is C13H19N3O. The van der Waals surface area contributed by atoms with Crippen molar-refractivity contribution in [3.8, 4) is 0 Å². The molecule has 1 N–H and O–H groups in total. The molecule has 0 saturated heterocycles. The lowest BCUT2D eigenvalue weighted by atomic mass is 10.1. The lowest BCUT2D eigenvalue weighted by molar-refractivity contribution is 0.633. The molecule has 92 valence electrons. The van der Waals surface area contributed by atoms with Crippen molar-refractivity contribution in [2.24, 2.45) is 5.92 Å². The molecule has 2 aromatic rings. The Morgan fingerprint density at radius 1 is 1.41 bits per heavy atom. The van der Waals surface area contributed by atoms with Gasteiger partial charge in [0.05, 0.1) is 0 Å². The molecule has 4 heteroatoms. The fourth-order valence-electron chi connectivity index (χ4n) is 2.01. The molecule has 0 unspecified atom stereocenters. The van der Waals surface area contributed by atoms with Crippen LogP contribution in [-0.4, -0.2) is 14.6 Å². The minimum atomic E-state index is -0.0204. The first-order valence-electron chi connectivity index (χ1n) is 6.20. The van der Waals surface area contributed by atoms with Gasteiger partial charge in [0.1, 0.15) is 0 Å². The number of fused-ring (bicyclic) bond motifs is 1. The van der Waals surface area contributed by atoms with Gasteiger partial charge in [-0.1, -0.05) is 27.2 Å². The maximum atomic E-state index is 11.9. The molecule has 0 aliphatic rings. The molecule has 2 heterocycles. The molecule has 4 nitrogen and oxygen atoms in total. The molecule has 2 aromatic heterocycles. The molecule has 0 bridgehead atoms. The topological polar surface area (TPSA) is 50.2 Å². The average Bonchev–Trinajstić information content (AvgIpc) is 2.60. The summed E-state index contributed by atoms with van der Waals surface area (Å²) in [4.78, 5) is 16.4. The summed E-state index contributed by atoms with van der Waals surface area (Å²) in [5, 5.41) is 3.09. The molecular weight excluding hydrogens is 214 g/mol. The lowest BCUT2D eigenvalue weighted by Crippen LogP contribution is -2.16. The molecule has 0 fully saturated rings. The first kappa shape index (κ1) is 11.9. The Bertz CT molecular complexity index is 566. The van der Waals surface area contributed by atoms with Crippen LogP contribution in [0.15, 0.2) is 16.9 Å². The van der Waals surface area contributed by atoms with Crippen molar-refractivity contribution in [3.63, 3.8) is 0 Å². The van der Waals surface area contributed by atoms with E-state index in [0.717, 1.165) is 36.3 Å². The van der Waals surface area contributed by atoms with Gasteiger partial charge in [0.2, 0.25) is 0 Å². The number of aromatic amines is 1. The Morgan fingerprint density at radius 2 is 2.18 bits per heavy atom. The molecule has 0 saturated carbocycles. The quantitative estimate of drug-likeness (QED) is 0.880. The van der Waals surface area contributed by atoms with Crippen molar-refractivity contribution in [3.05, 3.63) is 33.9 Å². The van der Waals surface area contributed by atoms with Gasteiger partial charge in [-0.2, -0.15) is 0 Å². The highest BCUT2D eigenvalue weighted by atomic mass is 16.1. The number of hydrogen-bond acceptors (Lipinski definition) is 2. The van der Waals surface area contributed by atoms with Gasteiger partial charge in [-0.3, -0.25) is 9.89 Å². The van der Waals surface area contributed by atoms with Gasteiger partial charge < -0.3 is 0 Å². The van der Waals surface area contributed by atoms with E-state index in [1.54, 1.807) is 6.07 Å². The highest BCUT2D eigenvalue weighted by Crippen LogP contribution is 2.07. The van der Waals surface area contributed by atoms with Gasteiger partial charge >= 0.3 is 0 Å². The Hall–Kier alpha value is -1.58. The zero-order chi connectivity index (χ0) is 12.4. The largest absolute Gasteiger partial charge is 0.294 e. The predicted molar refractivity (Wildman–Crippen MR) is 68.3 cm³/mol. The Kier molecular flexibility index (Phi) is 3.31. The maximum absolute atomic E-state index is 11.9. The van der Waals surface area contributed by atoms with Crippen LogP contribution in [0.25, 0.3) is 5.65 Å². The average molecular weight is 233 g/mol. The zero-order valence-corrected chi connectivity index (χ0v) is 10.7. The van der Waals surface area contributed by atoms with E-state index in [9.17, 15) is 4.79 Å². The summed E-state index contributed by atoms with van der Waals surface area (Å²) in [6.45, 7) is 6.37. The van der Waals surface area contributed by atoms with E-state index in [4.69, 9.17) is 0 Å². The number of aryl methyl sites for hydroxylation is 1. The Labute approximate surface area is 101 Å². The smallest absolute Gasteiger partial charge is 0.272 e. The Balaban J connectivity index is 2.45. The number of nitrogens with zero attached hydrogens (tertiary/aromatic N) is 2. The summed E-state index contributed by atoms with van der Waals surface area (Å²) in [5.41, 5.74) is 2.66. The molecule has 0 aliphatic carbocycles. The molecule has 0 aliphatic heterocycles. The van der Waals surface area contributed by atoms with Gasteiger partial charge in [0, 0.05) is 23.5 Å². The molecule has 0 aromatic carbocycles. The van der Waals surface area contributed by atoms with Crippen LogP contribution in [0.2, 0.25) is 0 Å². The van der Waals surface area contributed by atoms with Crippen molar-refractivity contribution < 1.29 is 0 Å². The molecule has 0 amide bonds. The SMILES string of the molecule is CCCc1cc2nc(CC(C)C)cc(=O)n2[nH]1. The van der Waals surface area contributed by atoms with Crippen molar-refractivity contribution in [2.75, 3.05) is 0 Å². The number of nitrogens with one attached hydrogen (secondary N) is 1. The fourth-order valence-corrected chi connectivity index (χ4v) is 2.01. The van der Waals surface area contributed by atoms with Crippen molar-refractivity contribution in [2.45, 2.75) is 40.0 Å². The number of rotatable bonds is 4. The second-order valence-electron chi connectivity index (χ2n) is 4.91. The number of hydrogen-bond donors (Lipinski definition) is 1. The maximum Gasteiger partial charge on any atom is 0.272 e. The van der Waals surface area contributed by atoms with E-state index < -0.39 is 0 Å². The minimum Gasteiger partial charge on any atom is -0.294 e. The predicted octanol–water partition coefficient (Wildman–Crippen LogP) is 2.17. The van der Waals surface area contributed by atoms with Crippen LogP contribution in [0.5, 0.6) is 0 Å². The first-order chi connectivity index (χ1) is 8.10. The van der Waals surface area contributed by atoms with Crippen LogP contribution < -0.4 is 5.56 Å². The van der Waals surface area contributed by atoms with Crippen LogP contribution in [0.3, 0.4) is 0 Å². The third-order valence-electron chi connectivity index (χ3n) is 2.69. The van der Waals surface area contributed by atoms with Crippen LogP contribution in [0.1, 0.15) is 38.6 Å². The lowest BCUT2D eigenvalue weighted by Gasteiger charge is -2.03. The Morgan fingerprint density at radius 3 is 2.82 bits per heavy atom. The minimum absolute atomic E-state index is 0.0204. The second-order valence-corrected chi connectivity index (χ2v) is 4.91. The third-order valence-corrected chi connectivity index (χ3v) is 2.69. The standard InChI is InChI=1S/C13H19N3O/c1-4-5-10-7-12-14-11(6-9(2)3)8-13(17)16(12)15-10/h7-9,15H,4-6H2,1-3H3. The molecule has 0 spiro atoms. The van der Waals surface area contributed by atoms with Gasteiger partial charge in [0.25, 0.3) is 5.56 Å². The summed E-state index contributed by atoms with van der Waals surface area (Å²) in [5.74, 6) is 0.512. The van der Waals surface area contributed by atoms with Crippen LogP contribution >= 0.6 is 0 Å². The van der Waals surface area contributed by atoms with Crippen LogP contribution in [0, 0.1) is 5.92 Å². The van der Waals surface area contributed by atoms with Gasteiger partial charge in [-0.25, -0.2) is 9.50 Å². The van der Waals surface area contributed by atoms with E-state index >= 15 is 0 Å². The first-order valence-corrected chi connectivity index (χ1v) is 6.20. The van der Waals surface area contributed by atoms with E-state index in [1.807, 2.05) is 6.07 Å². The van der Waals surface area contributed by atoms with E-state index in [1.165, 1.54) is 4.52 Å². The fraction of sp³-hybridized carbons (Fsp3) is 0.538. The summed E-state index contributed by atoms with van der Waals surface area (Å²) < 4.78 is 1.52. The van der Waals surface area contributed by atoms with Gasteiger partial charge in [-0.05, 0) is 18.8 Å². The molecule has 0 radical (unpaired) electrons.